The summed E-state index contributed by atoms with van der Waals surface area (Å²) in [6, 6.07) is 6.32. The van der Waals surface area contributed by atoms with Crippen molar-refractivity contribution >= 4 is 23.4 Å². The number of pyridine rings is 1. The van der Waals surface area contributed by atoms with Gasteiger partial charge in [0, 0.05) is 12.4 Å². The Morgan fingerprint density at radius 3 is 2.19 bits per heavy atom. The number of hydrogen-bond donors (Lipinski definition) is 3. The van der Waals surface area contributed by atoms with Gasteiger partial charge in [0.1, 0.15) is 11.6 Å². The summed E-state index contributed by atoms with van der Waals surface area (Å²) in [5.74, 6) is -3.24. The molecular formula is C21H25F3N4O3. The number of nitrogens with two attached hydrogens (primary N) is 1. The second-order valence-corrected chi connectivity index (χ2v) is 7.98. The minimum absolute atomic E-state index is 0.119. The van der Waals surface area contributed by atoms with Crippen LogP contribution in [0.1, 0.15) is 27.7 Å². The number of nitrogen functional groups attached to an aromatic ring is 1. The number of alkyl halides is 3. The Bertz CT molecular complexity index is 928. The average molecular weight is 438 g/mol. The molecule has 1 aromatic carbocycles. The molecule has 0 spiro atoms. The lowest BCUT2D eigenvalue weighted by molar-refractivity contribution is -0.179. The Balaban J connectivity index is 2.23. The van der Waals surface area contributed by atoms with Crippen LogP contribution in [0.25, 0.3) is 11.1 Å². The Kier molecular flexibility index (Phi) is 7.14. The highest BCUT2D eigenvalue weighted by Crippen LogP contribution is 2.31. The lowest BCUT2D eigenvalue weighted by Crippen LogP contribution is -2.52. The summed E-state index contributed by atoms with van der Waals surface area (Å²) in [4.78, 5) is 28.6. The van der Waals surface area contributed by atoms with E-state index in [9.17, 15) is 22.8 Å². The molecule has 7 nitrogen and oxygen atoms in total. The molecular weight excluding hydrogens is 413 g/mol. The molecule has 2 unspecified atom stereocenters. The number of rotatable bonds is 5. The van der Waals surface area contributed by atoms with Crippen molar-refractivity contribution in [2.24, 2.45) is 5.92 Å². The summed E-state index contributed by atoms with van der Waals surface area (Å²) in [5.41, 5.74) is 6.88. The van der Waals surface area contributed by atoms with Crippen LogP contribution in [-0.2, 0) is 9.53 Å². The first-order valence-electron chi connectivity index (χ1n) is 9.45. The van der Waals surface area contributed by atoms with Gasteiger partial charge in [0.2, 0.25) is 5.91 Å². The van der Waals surface area contributed by atoms with E-state index in [-0.39, 0.29) is 11.4 Å². The summed E-state index contributed by atoms with van der Waals surface area (Å²) < 4.78 is 44.9. The third-order valence-corrected chi connectivity index (χ3v) is 4.29. The fourth-order valence-corrected chi connectivity index (χ4v) is 2.65. The van der Waals surface area contributed by atoms with E-state index in [0.29, 0.717) is 0 Å². The van der Waals surface area contributed by atoms with Crippen LogP contribution in [0.3, 0.4) is 0 Å². The highest BCUT2D eigenvalue weighted by molar-refractivity contribution is 5.99. The van der Waals surface area contributed by atoms with E-state index in [4.69, 9.17) is 10.5 Å². The fourth-order valence-electron chi connectivity index (χ4n) is 2.65. The van der Waals surface area contributed by atoms with E-state index in [2.05, 4.69) is 10.3 Å². The largest absolute Gasteiger partial charge is 0.444 e. The minimum Gasteiger partial charge on any atom is -0.444 e. The predicted molar refractivity (Wildman–Crippen MR) is 111 cm³/mol. The maximum absolute atomic E-state index is 13.3. The van der Waals surface area contributed by atoms with Crippen molar-refractivity contribution in [2.45, 2.75) is 45.5 Å². The van der Waals surface area contributed by atoms with Gasteiger partial charge < -0.3 is 21.1 Å². The van der Waals surface area contributed by atoms with Crippen LogP contribution in [-0.4, -0.2) is 34.8 Å². The van der Waals surface area contributed by atoms with Gasteiger partial charge in [-0.1, -0.05) is 13.0 Å². The molecule has 4 N–H and O–H groups in total. The summed E-state index contributed by atoms with van der Waals surface area (Å²) in [7, 11) is 0. The van der Waals surface area contributed by atoms with Gasteiger partial charge in [0.05, 0.1) is 17.3 Å². The van der Waals surface area contributed by atoms with Crippen molar-refractivity contribution in [1.82, 2.24) is 10.3 Å². The van der Waals surface area contributed by atoms with Gasteiger partial charge in [-0.05, 0) is 56.2 Å². The topological polar surface area (TPSA) is 106 Å². The number of halogens is 3. The van der Waals surface area contributed by atoms with Crippen molar-refractivity contribution in [3.63, 3.8) is 0 Å². The highest BCUT2D eigenvalue weighted by Gasteiger charge is 2.45. The number of ether oxygens (including phenoxy) is 1. The van der Waals surface area contributed by atoms with E-state index < -0.39 is 35.7 Å². The molecule has 0 radical (unpaired) electrons. The van der Waals surface area contributed by atoms with Gasteiger partial charge in [0.25, 0.3) is 0 Å². The smallest absolute Gasteiger partial charge is 0.408 e. The molecule has 31 heavy (non-hydrogen) atoms. The Morgan fingerprint density at radius 1 is 1.06 bits per heavy atom. The first kappa shape index (κ1) is 24.0. The third kappa shape index (κ3) is 6.87. The molecule has 10 heteroatoms. The zero-order valence-corrected chi connectivity index (χ0v) is 17.6. The number of nitrogens with zero attached hydrogens (tertiary/aromatic N) is 1. The number of amides is 2. The van der Waals surface area contributed by atoms with Crippen LogP contribution in [0.2, 0.25) is 0 Å². The minimum atomic E-state index is -4.73. The normalized spacial score (nSPS) is 13.8. The maximum atomic E-state index is 13.3. The molecule has 2 atom stereocenters. The molecule has 0 fully saturated rings. The summed E-state index contributed by atoms with van der Waals surface area (Å²) in [5, 5.41) is 4.38. The molecule has 0 saturated heterocycles. The number of nitrogens with one attached hydrogen (secondary N) is 2. The Morgan fingerprint density at radius 2 is 1.68 bits per heavy atom. The van der Waals surface area contributed by atoms with Crippen LogP contribution in [0, 0.1) is 5.92 Å². The van der Waals surface area contributed by atoms with Crippen LogP contribution in [0.4, 0.5) is 29.3 Å². The number of hydrogen-bond acceptors (Lipinski definition) is 5. The first-order valence-corrected chi connectivity index (χ1v) is 9.45. The van der Waals surface area contributed by atoms with Gasteiger partial charge in [-0.25, -0.2) is 4.79 Å². The number of anilines is 2. The zero-order chi connectivity index (χ0) is 23.4. The van der Waals surface area contributed by atoms with Crippen LogP contribution in [0.5, 0.6) is 0 Å². The summed E-state index contributed by atoms with van der Waals surface area (Å²) in [6.45, 7) is 5.47. The monoisotopic (exact) mass is 438 g/mol. The molecule has 0 aliphatic heterocycles. The van der Waals surface area contributed by atoms with Crippen molar-refractivity contribution < 1.29 is 27.5 Å². The molecule has 2 aromatic rings. The number of carbonyl (C=O) groups is 2. The third-order valence-electron chi connectivity index (χ3n) is 4.29. The molecule has 2 amide bonds. The number of alkyl carbamates (subject to hydrolysis) is 1. The van der Waals surface area contributed by atoms with Crippen LogP contribution < -0.4 is 16.4 Å². The molecule has 0 aliphatic rings. The molecule has 1 heterocycles. The molecule has 1 aromatic heterocycles. The molecule has 2 rings (SSSR count). The van der Waals surface area contributed by atoms with E-state index in [1.807, 2.05) is 5.32 Å². The number of aromatic nitrogens is 1. The fraction of sp³-hybridized carbons (Fsp3) is 0.381. The van der Waals surface area contributed by atoms with Gasteiger partial charge in [-0.2, -0.15) is 13.2 Å². The number of carbonyl (C=O) groups excluding carboxylic acids is 2. The van der Waals surface area contributed by atoms with Crippen molar-refractivity contribution in [3.8, 4) is 11.1 Å². The van der Waals surface area contributed by atoms with Gasteiger partial charge >= 0.3 is 12.3 Å². The van der Waals surface area contributed by atoms with Crippen LogP contribution in [0.15, 0.2) is 42.7 Å². The predicted octanol–water partition coefficient (Wildman–Crippen LogP) is 4.36. The highest BCUT2D eigenvalue weighted by atomic mass is 19.4. The lowest BCUT2D eigenvalue weighted by Gasteiger charge is -2.28. The second-order valence-electron chi connectivity index (χ2n) is 7.98. The first-order chi connectivity index (χ1) is 14.3. The van der Waals surface area contributed by atoms with E-state index in [1.54, 1.807) is 57.4 Å². The Labute approximate surface area is 178 Å². The summed E-state index contributed by atoms with van der Waals surface area (Å²) >= 11 is 0. The maximum Gasteiger partial charge on any atom is 0.408 e. The van der Waals surface area contributed by atoms with Gasteiger partial charge in [0.15, 0.2) is 0 Å². The van der Waals surface area contributed by atoms with E-state index >= 15 is 0 Å². The van der Waals surface area contributed by atoms with E-state index in [0.717, 1.165) is 18.1 Å². The second kappa shape index (κ2) is 9.23. The van der Waals surface area contributed by atoms with Crippen molar-refractivity contribution in [1.29, 1.82) is 0 Å². The SMILES string of the molecule is CC(C(NC(=O)OC(C)(C)C)C(=O)Nc1ccc(-c2ccncc2)cc1N)C(F)(F)F. The molecule has 168 valence electrons. The molecule has 0 aliphatic carbocycles. The van der Waals surface area contributed by atoms with Gasteiger partial charge in [-0.3, -0.25) is 9.78 Å². The number of benzene rings is 1. The standard InChI is InChI=1S/C21H25F3N4O3/c1-12(21(22,23)24)17(28-19(30)31-20(2,3)4)18(29)27-16-6-5-14(11-15(16)25)13-7-9-26-10-8-13/h5-12,17H,25H2,1-4H3,(H,27,29)(H,28,30). The summed E-state index contributed by atoms with van der Waals surface area (Å²) in [6.07, 6.45) is -2.66. The van der Waals surface area contributed by atoms with Crippen LogP contribution >= 0.6 is 0 Å². The quantitative estimate of drug-likeness (QED) is 0.602. The molecule has 0 bridgehead atoms. The average Bonchev–Trinajstić information content (AvgIpc) is 2.65. The van der Waals surface area contributed by atoms with Crippen molar-refractivity contribution in [3.05, 3.63) is 42.7 Å². The zero-order valence-electron chi connectivity index (χ0n) is 17.6. The Hall–Kier alpha value is -3.30. The lowest BCUT2D eigenvalue weighted by atomic mass is 10.00. The molecule has 0 saturated carbocycles. The van der Waals surface area contributed by atoms with E-state index in [1.165, 1.54) is 6.07 Å². The van der Waals surface area contributed by atoms with Gasteiger partial charge in [-0.15, -0.1) is 0 Å². The van der Waals surface area contributed by atoms with Crippen molar-refractivity contribution in [2.75, 3.05) is 11.1 Å².